The standard InChI is InChI=1S/C16H18N4.C15H20N4O2S.C15H20N4O.C14H17BrN4.C14H17ClN4.C14H17IN4/c1-5-14-7-12(15(9-19-14)10(2)3)6-13-8-18-11(4)20-16(13)17;1-9(2)13-8-18-14(22(4,20)21)6-11(13)5-12-7-17-10(3)19-15(12)16;1-9(2)13-8-18-14(20-4)6-11(13)5-12-7-17-10(3)19-15(12)16;3*1-8(2)12-7-18-13(15)5-10(12)4-11-6-17-9(3)19-14(11)16/h1,7-10H,6H2,2-4H3,(H2,17,18,20);6-9H,5H2,1-4H3,(H2,16,17,19);6-9H,5H2,1-4H3,(H2,16,17,19);3*5-8H,4H2,1-3H3,(H2,16,17,19). The van der Waals surface area contributed by atoms with Crippen molar-refractivity contribution in [1.29, 1.82) is 0 Å². The van der Waals surface area contributed by atoms with Gasteiger partial charge in [0.2, 0.25) is 5.88 Å². The van der Waals surface area contributed by atoms with E-state index in [1.807, 2.05) is 110 Å². The number of aromatic nitrogens is 18. The number of nitrogens with zero attached hydrogens (tertiary/aromatic N) is 18. The number of terminal acetylenes is 1. The van der Waals surface area contributed by atoms with E-state index in [1.54, 1.807) is 57.3 Å². The first kappa shape index (κ1) is 95.1. The van der Waals surface area contributed by atoms with Gasteiger partial charge in [-0.25, -0.2) is 93.1 Å². The lowest BCUT2D eigenvalue weighted by Gasteiger charge is -2.14. The van der Waals surface area contributed by atoms with E-state index in [-0.39, 0.29) is 10.9 Å². The highest BCUT2D eigenvalue weighted by atomic mass is 127. The molecule has 0 radical (unpaired) electrons. The van der Waals surface area contributed by atoms with Gasteiger partial charge in [0.05, 0.1) is 7.11 Å². The van der Waals surface area contributed by atoms with Crippen LogP contribution in [0.3, 0.4) is 0 Å². The number of methoxy groups -OCH3 is 1. The lowest BCUT2D eigenvalue weighted by Crippen LogP contribution is -2.08. The molecule has 0 amide bonds. The minimum atomic E-state index is -3.35. The normalized spacial score (nSPS) is 11.1. The van der Waals surface area contributed by atoms with Crippen LogP contribution in [-0.2, 0) is 48.4 Å². The predicted molar refractivity (Wildman–Crippen MR) is 487 cm³/mol. The summed E-state index contributed by atoms with van der Waals surface area (Å²) < 4.78 is 30.5. The Morgan fingerprint density at radius 1 is 0.370 bits per heavy atom. The second-order valence-corrected chi connectivity index (χ2v) is 34.7. The van der Waals surface area contributed by atoms with Gasteiger partial charge in [-0.1, -0.05) is 101 Å². The van der Waals surface area contributed by atoms with Crippen molar-refractivity contribution in [2.75, 3.05) is 47.8 Å². The van der Waals surface area contributed by atoms with Crippen LogP contribution >= 0.6 is 50.1 Å². The molecule has 0 saturated heterocycles. The van der Waals surface area contributed by atoms with Crippen LogP contribution in [0.15, 0.2) is 120 Å². The lowest BCUT2D eigenvalue weighted by molar-refractivity contribution is 0.397. The molecule has 0 saturated carbocycles. The van der Waals surface area contributed by atoms with Gasteiger partial charge in [-0.15, -0.1) is 6.42 Å². The number of sulfone groups is 1. The summed E-state index contributed by atoms with van der Waals surface area (Å²) in [4.78, 5) is 75.8. The number of halogens is 3. The number of nitrogen functional groups attached to an aromatic ring is 6. The van der Waals surface area contributed by atoms with E-state index in [4.69, 9.17) is 57.2 Å². The molecular formula is C88H109BrClIN24O3S. The van der Waals surface area contributed by atoms with E-state index < -0.39 is 9.84 Å². The van der Waals surface area contributed by atoms with Crippen molar-refractivity contribution in [2.45, 2.75) is 204 Å². The van der Waals surface area contributed by atoms with E-state index in [2.05, 4.69) is 209 Å². The molecule has 0 atom stereocenters. The molecule has 31 heteroatoms. The van der Waals surface area contributed by atoms with E-state index >= 15 is 0 Å². The molecule has 12 N–H and O–H groups in total. The van der Waals surface area contributed by atoms with Gasteiger partial charge in [0, 0.05) is 159 Å². The summed E-state index contributed by atoms with van der Waals surface area (Å²) in [6, 6.07) is 11.5. The van der Waals surface area contributed by atoms with Gasteiger partial charge < -0.3 is 39.1 Å². The Balaban J connectivity index is 0.000000197. The molecule has 0 aromatic carbocycles. The van der Waals surface area contributed by atoms with Crippen molar-refractivity contribution in [3.63, 3.8) is 0 Å². The van der Waals surface area contributed by atoms with Crippen LogP contribution in [0, 0.1) is 57.6 Å². The summed E-state index contributed by atoms with van der Waals surface area (Å²) in [5, 5.41) is 0.560. The van der Waals surface area contributed by atoms with Crippen LogP contribution in [0.2, 0.25) is 5.15 Å². The van der Waals surface area contributed by atoms with Gasteiger partial charge >= 0.3 is 0 Å². The number of ether oxygens (including phenoxy) is 1. The maximum atomic E-state index is 11.7. The highest BCUT2D eigenvalue weighted by Crippen LogP contribution is 2.32. The Bertz CT molecular complexity index is 5400. The summed E-state index contributed by atoms with van der Waals surface area (Å²) in [5.74, 6) is 12.5. The van der Waals surface area contributed by atoms with E-state index in [0.29, 0.717) is 142 Å². The zero-order valence-electron chi connectivity index (χ0n) is 71.5. The Morgan fingerprint density at radius 2 is 0.639 bits per heavy atom. The molecule has 27 nitrogen and oxygen atoms in total. The van der Waals surface area contributed by atoms with Crippen molar-refractivity contribution in [2.24, 2.45) is 0 Å². The number of hydrogen-bond acceptors (Lipinski definition) is 27. The average molecular weight is 1830 g/mol. The molecule has 0 unspecified atom stereocenters. The molecule has 12 rings (SSSR count). The zero-order valence-corrected chi connectivity index (χ0v) is 76.8. The highest BCUT2D eigenvalue weighted by molar-refractivity contribution is 14.1. The number of nitrogens with two attached hydrogens (primary N) is 6. The van der Waals surface area contributed by atoms with Crippen molar-refractivity contribution in [3.8, 4) is 18.2 Å². The fourth-order valence-corrected chi connectivity index (χ4v) is 14.1. The molecule has 0 aliphatic rings. The van der Waals surface area contributed by atoms with Crippen molar-refractivity contribution >= 4 is 94.9 Å². The molecule has 12 aromatic rings. The minimum absolute atomic E-state index is 0.0681. The second kappa shape index (κ2) is 44.2. The molecule has 119 heavy (non-hydrogen) atoms. The molecule has 12 aromatic heterocycles. The fraction of sp³-hybridized carbons (Fsp3) is 0.364. The number of pyridine rings is 6. The van der Waals surface area contributed by atoms with E-state index in [1.165, 1.54) is 38.9 Å². The Hall–Kier alpha value is -11.0. The summed E-state index contributed by atoms with van der Waals surface area (Å²) in [5.41, 5.74) is 55.5. The van der Waals surface area contributed by atoms with Crippen LogP contribution in [-0.4, -0.2) is 111 Å². The summed E-state index contributed by atoms with van der Waals surface area (Å²) >= 11 is 11.6. The van der Waals surface area contributed by atoms with Crippen LogP contribution in [0.1, 0.15) is 259 Å². The van der Waals surface area contributed by atoms with Gasteiger partial charge in [0.15, 0.2) is 14.9 Å². The number of rotatable bonds is 20. The first-order valence-corrected chi connectivity index (χ1v) is 42.8. The topological polar surface area (TPSA) is 432 Å². The van der Waals surface area contributed by atoms with E-state index in [0.717, 1.165) is 88.6 Å². The van der Waals surface area contributed by atoms with Gasteiger partial charge in [-0.3, -0.25) is 4.98 Å². The predicted octanol–water partition coefficient (Wildman–Crippen LogP) is 16.3. The highest BCUT2D eigenvalue weighted by Gasteiger charge is 2.20. The Labute approximate surface area is 727 Å². The smallest absolute Gasteiger partial charge is 0.213 e. The molecule has 0 fully saturated rings. The zero-order chi connectivity index (χ0) is 87.9. The molecule has 12 heterocycles. The Kier molecular flexibility index (Phi) is 35.3. The van der Waals surface area contributed by atoms with E-state index in [9.17, 15) is 8.42 Å². The third-order valence-corrected chi connectivity index (χ3v) is 21.1. The monoisotopic (exact) mass is 1820 g/mol. The second-order valence-electron chi connectivity index (χ2n) is 30.4. The van der Waals surface area contributed by atoms with Crippen molar-refractivity contribution in [1.82, 2.24) is 89.7 Å². The van der Waals surface area contributed by atoms with Crippen LogP contribution < -0.4 is 39.1 Å². The quantitative estimate of drug-likeness (QED) is 0.0234. The fourth-order valence-electron chi connectivity index (χ4n) is 12.5. The van der Waals surface area contributed by atoms with Gasteiger partial charge in [0.25, 0.3) is 0 Å². The summed E-state index contributed by atoms with van der Waals surface area (Å²) in [7, 11) is -1.73. The van der Waals surface area contributed by atoms with Crippen molar-refractivity contribution < 1.29 is 13.2 Å². The first-order valence-electron chi connectivity index (χ1n) is 38.7. The average Bonchev–Trinajstić information content (AvgIpc) is 0.838. The third-order valence-electron chi connectivity index (χ3n) is 18.9. The lowest BCUT2D eigenvalue weighted by atomic mass is 9.94. The number of hydrogen-bond donors (Lipinski definition) is 6. The van der Waals surface area contributed by atoms with Crippen LogP contribution in [0.5, 0.6) is 5.88 Å². The molecule has 0 spiro atoms. The Morgan fingerprint density at radius 3 is 0.950 bits per heavy atom. The summed E-state index contributed by atoms with van der Waals surface area (Å²) in [6.07, 6.45) is 32.2. The molecule has 626 valence electrons. The van der Waals surface area contributed by atoms with Crippen LogP contribution in [0.25, 0.3) is 0 Å². The first-order chi connectivity index (χ1) is 56.1. The third kappa shape index (κ3) is 28.6. The van der Waals surface area contributed by atoms with Gasteiger partial charge in [0.1, 0.15) is 89.0 Å². The van der Waals surface area contributed by atoms with Gasteiger partial charge in [-0.2, -0.15) is 0 Å². The maximum absolute atomic E-state index is 11.7. The number of anilines is 6. The molecular weight excluding hydrogens is 1720 g/mol. The minimum Gasteiger partial charge on any atom is -0.481 e. The largest absolute Gasteiger partial charge is 0.481 e. The molecule has 0 aliphatic heterocycles. The molecule has 0 bridgehead atoms. The summed E-state index contributed by atoms with van der Waals surface area (Å²) in [6.45, 7) is 36.4. The van der Waals surface area contributed by atoms with Crippen molar-refractivity contribution in [3.05, 3.63) is 265 Å². The van der Waals surface area contributed by atoms with Crippen LogP contribution in [0.4, 0.5) is 34.9 Å². The molecule has 0 aliphatic carbocycles. The number of aryl methyl sites for hydroxylation is 6. The van der Waals surface area contributed by atoms with Gasteiger partial charge in [-0.05, 0) is 213 Å². The SMILES string of the molecule is C#Cc1cc(Cc2cnc(C)nc2N)c(C(C)C)cn1.COc1cc(Cc2cnc(C)nc2N)c(C(C)C)cn1.Cc1ncc(Cc2cc(Br)ncc2C(C)C)c(N)n1.Cc1ncc(Cc2cc(Cl)ncc2C(C)C)c(N)n1.Cc1ncc(Cc2cc(I)ncc2C(C)C)c(N)n1.Cc1ncc(Cc2cc(S(C)(=O)=O)ncc2C(C)C)c(N)n1. The maximum Gasteiger partial charge on any atom is 0.213 e.